The molecule has 2 amide bonds. The van der Waals surface area contributed by atoms with Crippen molar-refractivity contribution in [1.82, 2.24) is 9.55 Å². The Morgan fingerprint density at radius 3 is 2.68 bits per heavy atom. The molecule has 2 N–H and O–H groups in total. The van der Waals surface area contributed by atoms with E-state index in [1.807, 2.05) is 41.0 Å². The van der Waals surface area contributed by atoms with Crippen LogP contribution in [0, 0.1) is 5.92 Å². The number of hydrogen-bond acceptors (Lipinski definition) is 3. The Bertz CT molecular complexity index is 975. The smallest absolute Gasteiger partial charge is 0.247 e. The van der Waals surface area contributed by atoms with E-state index in [-0.39, 0.29) is 17.9 Å². The fourth-order valence-corrected chi connectivity index (χ4v) is 4.19. The quantitative estimate of drug-likeness (QED) is 0.628. The van der Waals surface area contributed by atoms with E-state index in [0.29, 0.717) is 17.8 Å². The Hall–Kier alpha value is -3.15. The van der Waals surface area contributed by atoms with Gasteiger partial charge in [-0.3, -0.25) is 9.59 Å². The van der Waals surface area contributed by atoms with Crippen LogP contribution in [0.15, 0.2) is 54.9 Å². The lowest BCUT2D eigenvalue weighted by atomic mass is 9.83. The number of benzene rings is 2. The largest absolute Gasteiger partial charge is 0.329 e. The van der Waals surface area contributed by atoms with E-state index < -0.39 is 0 Å². The number of imidazole rings is 1. The Labute approximate surface area is 164 Å². The third kappa shape index (κ3) is 3.76. The van der Waals surface area contributed by atoms with E-state index in [2.05, 4.69) is 15.6 Å². The summed E-state index contributed by atoms with van der Waals surface area (Å²) in [6, 6.07) is 14.8. The Balaban J connectivity index is 1.66. The summed E-state index contributed by atoms with van der Waals surface area (Å²) in [7, 11) is 0. The molecule has 1 aliphatic rings. The summed E-state index contributed by atoms with van der Waals surface area (Å²) in [5, 5.41) is 5.67. The minimum Gasteiger partial charge on any atom is -0.329 e. The highest BCUT2D eigenvalue weighted by Gasteiger charge is 2.32. The third-order valence-electron chi connectivity index (χ3n) is 5.50. The van der Waals surface area contributed by atoms with E-state index in [1.165, 1.54) is 6.42 Å². The highest BCUT2D eigenvalue weighted by atomic mass is 16.2. The van der Waals surface area contributed by atoms with Crippen LogP contribution in [-0.4, -0.2) is 21.9 Å². The van der Waals surface area contributed by atoms with Crippen molar-refractivity contribution in [2.45, 2.75) is 38.1 Å². The topological polar surface area (TPSA) is 76.0 Å². The van der Waals surface area contributed by atoms with E-state index in [9.17, 15) is 9.59 Å². The summed E-state index contributed by atoms with van der Waals surface area (Å²) in [5.41, 5.74) is 3.19. The van der Waals surface area contributed by atoms with Gasteiger partial charge in [-0.2, -0.15) is 0 Å². The zero-order valence-electron chi connectivity index (χ0n) is 15.7. The summed E-state index contributed by atoms with van der Waals surface area (Å²) in [6.07, 6.45) is 8.03. The first-order chi connectivity index (χ1) is 13.8. The standard InChI is InChI=1S/C22H24N4O2/c27-15-24-17-9-6-10-18(13-17)25-22(28)21(16-7-2-1-3-8-16)26-14-23-19-11-4-5-12-20(19)26/h4-6,9-16,21H,1-3,7-8H2,(H,24,27)(H,25,28). The van der Waals surface area contributed by atoms with Crippen LogP contribution < -0.4 is 10.6 Å². The zero-order valence-corrected chi connectivity index (χ0v) is 15.7. The lowest BCUT2D eigenvalue weighted by molar-refractivity contribution is -0.121. The maximum Gasteiger partial charge on any atom is 0.247 e. The minimum absolute atomic E-state index is 0.0432. The number of fused-ring (bicyclic) bond motifs is 1. The van der Waals surface area contributed by atoms with Crippen molar-refractivity contribution in [2.75, 3.05) is 10.6 Å². The van der Waals surface area contributed by atoms with Gasteiger partial charge in [-0.25, -0.2) is 4.98 Å². The van der Waals surface area contributed by atoms with E-state index >= 15 is 0 Å². The SMILES string of the molecule is O=CNc1cccc(NC(=O)C(C2CCCCC2)n2cnc3ccccc32)c1. The molecule has 4 rings (SSSR count). The molecule has 1 aromatic heterocycles. The summed E-state index contributed by atoms with van der Waals surface area (Å²) >= 11 is 0. The summed E-state index contributed by atoms with van der Waals surface area (Å²) < 4.78 is 2.02. The number of amides is 2. The van der Waals surface area contributed by atoms with E-state index in [0.717, 1.165) is 36.7 Å². The first-order valence-electron chi connectivity index (χ1n) is 9.79. The number of carbonyl (C=O) groups is 2. The van der Waals surface area contributed by atoms with Gasteiger partial charge in [0.1, 0.15) is 6.04 Å². The second-order valence-corrected chi connectivity index (χ2v) is 7.32. The van der Waals surface area contributed by atoms with Gasteiger partial charge in [-0.05, 0) is 49.1 Å². The van der Waals surface area contributed by atoms with Gasteiger partial charge in [0.25, 0.3) is 0 Å². The lowest BCUT2D eigenvalue weighted by Crippen LogP contribution is -2.33. The number of anilines is 2. The molecular formula is C22H24N4O2. The minimum atomic E-state index is -0.310. The molecule has 1 atom stereocenters. The first kappa shape index (κ1) is 18.2. The van der Waals surface area contributed by atoms with Crippen LogP contribution in [0.3, 0.4) is 0 Å². The first-order valence-corrected chi connectivity index (χ1v) is 9.79. The van der Waals surface area contributed by atoms with Gasteiger partial charge in [0.05, 0.1) is 17.4 Å². The Morgan fingerprint density at radius 1 is 1.07 bits per heavy atom. The summed E-state index contributed by atoms with van der Waals surface area (Å²) in [6.45, 7) is 0. The molecule has 3 aromatic rings. The van der Waals surface area contributed by atoms with E-state index in [4.69, 9.17) is 0 Å². The number of rotatable bonds is 6. The van der Waals surface area contributed by atoms with Gasteiger partial charge < -0.3 is 15.2 Å². The van der Waals surface area contributed by atoms with Crippen LogP contribution in [0.1, 0.15) is 38.1 Å². The van der Waals surface area contributed by atoms with Crippen molar-refractivity contribution in [3.8, 4) is 0 Å². The van der Waals surface area contributed by atoms with Crippen molar-refractivity contribution < 1.29 is 9.59 Å². The zero-order chi connectivity index (χ0) is 19.3. The molecule has 6 heteroatoms. The average Bonchev–Trinajstić information content (AvgIpc) is 3.13. The van der Waals surface area contributed by atoms with E-state index in [1.54, 1.807) is 18.5 Å². The van der Waals surface area contributed by atoms with Crippen LogP contribution in [0.5, 0.6) is 0 Å². The van der Waals surface area contributed by atoms with Crippen LogP contribution in [0.4, 0.5) is 11.4 Å². The highest BCUT2D eigenvalue weighted by Crippen LogP contribution is 2.35. The predicted molar refractivity (Wildman–Crippen MR) is 110 cm³/mol. The third-order valence-corrected chi connectivity index (χ3v) is 5.50. The van der Waals surface area contributed by atoms with Crippen LogP contribution >= 0.6 is 0 Å². The molecule has 1 saturated carbocycles. The second-order valence-electron chi connectivity index (χ2n) is 7.32. The number of hydrogen-bond donors (Lipinski definition) is 2. The van der Waals surface area contributed by atoms with Gasteiger partial charge >= 0.3 is 0 Å². The molecule has 0 saturated heterocycles. The molecule has 1 aliphatic carbocycles. The van der Waals surface area contributed by atoms with Gasteiger partial charge in [0.15, 0.2) is 0 Å². The number of aromatic nitrogens is 2. The summed E-state index contributed by atoms with van der Waals surface area (Å²) in [4.78, 5) is 28.6. The monoisotopic (exact) mass is 376 g/mol. The maximum absolute atomic E-state index is 13.4. The number of nitrogens with one attached hydrogen (secondary N) is 2. The van der Waals surface area contributed by atoms with Crippen molar-refractivity contribution in [2.24, 2.45) is 5.92 Å². The number of para-hydroxylation sites is 2. The molecule has 1 fully saturated rings. The average molecular weight is 376 g/mol. The Morgan fingerprint density at radius 2 is 1.86 bits per heavy atom. The molecule has 0 aliphatic heterocycles. The lowest BCUT2D eigenvalue weighted by Gasteiger charge is -2.30. The normalized spacial score (nSPS) is 15.9. The maximum atomic E-state index is 13.4. The van der Waals surface area contributed by atoms with Crippen LogP contribution in [0.25, 0.3) is 11.0 Å². The molecule has 28 heavy (non-hydrogen) atoms. The van der Waals surface area contributed by atoms with Crippen LogP contribution in [-0.2, 0) is 9.59 Å². The van der Waals surface area contributed by atoms with Crippen molar-refractivity contribution in [3.05, 3.63) is 54.9 Å². The predicted octanol–water partition coefficient (Wildman–Crippen LogP) is 4.36. The molecule has 1 heterocycles. The molecule has 144 valence electrons. The van der Waals surface area contributed by atoms with Gasteiger partial charge in [0.2, 0.25) is 12.3 Å². The van der Waals surface area contributed by atoms with Crippen molar-refractivity contribution in [3.63, 3.8) is 0 Å². The molecule has 0 bridgehead atoms. The molecule has 6 nitrogen and oxygen atoms in total. The Kier molecular flexibility index (Phi) is 5.37. The molecule has 0 spiro atoms. The van der Waals surface area contributed by atoms with Crippen molar-refractivity contribution in [1.29, 1.82) is 0 Å². The highest BCUT2D eigenvalue weighted by molar-refractivity contribution is 5.95. The van der Waals surface area contributed by atoms with Gasteiger partial charge in [0, 0.05) is 11.4 Å². The summed E-state index contributed by atoms with van der Waals surface area (Å²) in [5.74, 6) is 0.237. The molecule has 0 radical (unpaired) electrons. The number of carbonyl (C=O) groups excluding carboxylic acids is 2. The second kappa shape index (κ2) is 8.25. The van der Waals surface area contributed by atoms with Gasteiger partial charge in [-0.1, -0.05) is 37.5 Å². The molecule has 1 unspecified atom stereocenters. The van der Waals surface area contributed by atoms with Crippen LogP contribution in [0.2, 0.25) is 0 Å². The van der Waals surface area contributed by atoms with Crippen molar-refractivity contribution >= 4 is 34.7 Å². The fraction of sp³-hybridized carbons (Fsp3) is 0.318. The molecule has 2 aromatic carbocycles. The number of nitrogens with zero attached hydrogens (tertiary/aromatic N) is 2. The molecular weight excluding hydrogens is 352 g/mol. The van der Waals surface area contributed by atoms with Gasteiger partial charge in [-0.15, -0.1) is 0 Å². The fourth-order valence-electron chi connectivity index (χ4n) is 4.19.